The highest BCUT2D eigenvalue weighted by atomic mass is 32.2. The van der Waals surface area contributed by atoms with Crippen molar-refractivity contribution in [3.63, 3.8) is 0 Å². The van der Waals surface area contributed by atoms with Crippen LogP contribution >= 0.6 is 11.8 Å². The van der Waals surface area contributed by atoms with Crippen LogP contribution < -0.4 is 14.2 Å². The summed E-state index contributed by atoms with van der Waals surface area (Å²) in [6.45, 7) is 0.223. The maximum atomic E-state index is 12.6. The molecule has 7 nitrogen and oxygen atoms in total. The van der Waals surface area contributed by atoms with E-state index in [2.05, 4.69) is 0 Å². The molecule has 1 aliphatic heterocycles. The molecule has 0 bridgehead atoms. The number of carbonyl (C=O) groups excluding carboxylic acids is 2. The molecular weight excluding hydrogens is 392 g/mol. The first-order chi connectivity index (χ1) is 14.1. The Bertz CT molecular complexity index is 983. The van der Waals surface area contributed by atoms with Crippen molar-refractivity contribution in [3.05, 3.63) is 59.0 Å². The molecule has 2 aromatic carbocycles. The minimum Gasteiger partial charge on any atom is -0.493 e. The first-order valence-electron chi connectivity index (χ1n) is 8.73. The molecule has 2 amide bonds. The Morgan fingerprint density at radius 3 is 2.66 bits per heavy atom. The second-order valence-corrected chi connectivity index (χ2v) is 6.85. The predicted octanol–water partition coefficient (Wildman–Crippen LogP) is 3.71. The average Bonchev–Trinajstić information content (AvgIpc) is 3.00. The Balaban J connectivity index is 1.63. The number of nitrogens with zero attached hydrogens (tertiary/aromatic N) is 2. The molecule has 2 aromatic rings. The Kier molecular flexibility index (Phi) is 6.76. The van der Waals surface area contributed by atoms with Crippen molar-refractivity contribution >= 4 is 29.0 Å². The van der Waals surface area contributed by atoms with Gasteiger partial charge < -0.3 is 14.2 Å². The molecule has 0 saturated carbocycles. The lowest BCUT2D eigenvalue weighted by Gasteiger charge is -2.14. The molecule has 0 N–H and O–H groups in total. The lowest BCUT2D eigenvalue weighted by atomic mass is 10.2. The van der Waals surface area contributed by atoms with Gasteiger partial charge in [-0.25, -0.2) is 0 Å². The van der Waals surface area contributed by atoms with E-state index in [0.717, 1.165) is 16.7 Å². The maximum Gasteiger partial charge on any atom is 0.293 e. The van der Waals surface area contributed by atoms with Crippen LogP contribution in [0.15, 0.2) is 53.4 Å². The normalized spacial score (nSPS) is 14.8. The zero-order valence-corrected chi connectivity index (χ0v) is 16.5. The van der Waals surface area contributed by atoms with Crippen molar-refractivity contribution < 1.29 is 23.8 Å². The van der Waals surface area contributed by atoms with Crippen molar-refractivity contribution in [1.82, 2.24) is 4.90 Å². The fourth-order valence-electron chi connectivity index (χ4n) is 2.64. The number of hydrogen-bond donors (Lipinski definition) is 0. The van der Waals surface area contributed by atoms with Crippen molar-refractivity contribution in [1.29, 1.82) is 5.26 Å². The van der Waals surface area contributed by atoms with Crippen LogP contribution in [0.3, 0.4) is 0 Å². The number of amides is 2. The smallest absolute Gasteiger partial charge is 0.293 e. The minimum atomic E-state index is -0.369. The molecular formula is C21H18N2O5S. The molecule has 1 heterocycles. The fraction of sp³-hybridized carbons (Fsp3) is 0.190. The standard InChI is InChI=1S/C21H18N2O5S/c1-26-17-7-2-3-8-18(17)28-12-10-23-20(24)19(29-21(23)25)14-15-5-4-6-16(13-15)27-11-9-22/h2-8,13-14H,10-12H2,1H3/b19-14-. The second kappa shape index (κ2) is 9.66. The van der Waals surface area contributed by atoms with E-state index in [-0.39, 0.29) is 30.9 Å². The van der Waals surface area contributed by atoms with Gasteiger partial charge in [0.25, 0.3) is 11.1 Å². The summed E-state index contributed by atoms with van der Waals surface area (Å²) >= 11 is 0.879. The van der Waals surface area contributed by atoms with Gasteiger partial charge in [0.05, 0.1) is 18.6 Å². The van der Waals surface area contributed by atoms with E-state index in [0.29, 0.717) is 27.7 Å². The molecule has 8 heteroatoms. The molecule has 1 saturated heterocycles. The number of methoxy groups -OCH3 is 1. The first-order valence-corrected chi connectivity index (χ1v) is 9.55. The number of ether oxygens (including phenoxy) is 3. The zero-order valence-electron chi connectivity index (χ0n) is 15.7. The van der Waals surface area contributed by atoms with E-state index < -0.39 is 0 Å². The Morgan fingerprint density at radius 2 is 1.90 bits per heavy atom. The molecule has 148 valence electrons. The Labute approximate surface area is 172 Å². The van der Waals surface area contributed by atoms with Gasteiger partial charge in [0.15, 0.2) is 18.1 Å². The lowest BCUT2D eigenvalue weighted by molar-refractivity contribution is -0.123. The van der Waals surface area contributed by atoms with Crippen LogP contribution in [-0.2, 0) is 4.79 Å². The fourth-order valence-corrected chi connectivity index (χ4v) is 3.50. The number of para-hydroxylation sites is 2. The van der Waals surface area contributed by atoms with Gasteiger partial charge in [-0.2, -0.15) is 5.26 Å². The summed E-state index contributed by atoms with van der Waals surface area (Å²) in [5.41, 5.74) is 0.705. The predicted molar refractivity (Wildman–Crippen MR) is 109 cm³/mol. The monoisotopic (exact) mass is 410 g/mol. The Morgan fingerprint density at radius 1 is 1.10 bits per heavy atom. The van der Waals surface area contributed by atoms with E-state index in [1.165, 1.54) is 0 Å². The number of carbonyl (C=O) groups is 2. The van der Waals surface area contributed by atoms with Crippen molar-refractivity contribution in [3.8, 4) is 23.3 Å². The lowest BCUT2D eigenvalue weighted by Crippen LogP contribution is -2.32. The van der Waals surface area contributed by atoms with Crippen LogP contribution in [0.1, 0.15) is 5.56 Å². The highest BCUT2D eigenvalue weighted by molar-refractivity contribution is 8.18. The van der Waals surface area contributed by atoms with Crippen molar-refractivity contribution in [2.24, 2.45) is 0 Å². The maximum absolute atomic E-state index is 12.6. The van der Waals surface area contributed by atoms with Gasteiger partial charge in [-0.1, -0.05) is 24.3 Å². The molecule has 3 rings (SSSR count). The summed E-state index contributed by atoms with van der Waals surface area (Å²) in [5.74, 6) is 1.28. The zero-order chi connectivity index (χ0) is 20.6. The van der Waals surface area contributed by atoms with E-state index in [9.17, 15) is 9.59 Å². The first kappa shape index (κ1) is 20.3. The summed E-state index contributed by atoms with van der Waals surface area (Å²) < 4.78 is 16.1. The topological polar surface area (TPSA) is 88.9 Å². The highest BCUT2D eigenvalue weighted by Gasteiger charge is 2.34. The molecule has 29 heavy (non-hydrogen) atoms. The third kappa shape index (κ3) is 5.09. The van der Waals surface area contributed by atoms with E-state index in [1.54, 1.807) is 49.6 Å². The van der Waals surface area contributed by atoms with E-state index >= 15 is 0 Å². The molecule has 0 spiro atoms. The van der Waals surface area contributed by atoms with Gasteiger partial charge in [-0.15, -0.1) is 0 Å². The van der Waals surface area contributed by atoms with Gasteiger partial charge in [-0.3, -0.25) is 14.5 Å². The molecule has 0 radical (unpaired) electrons. The summed E-state index contributed by atoms with van der Waals surface area (Å²) in [5, 5.41) is 8.25. The van der Waals surface area contributed by atoms with Gasteiger partial charge >= 0.3 is 0 Å². The number of benzene rings is 2. The number of rotatable bonds is 8. The third-order valence-electron chi connectivity index (χ3n) is 3.97. The molecule has 1 fully saturated rings. The van der Waals surface area contributed by atoms with Gasteiger partial charge in [0.1, 0.15) is 18.4 Å². The van der Waals surface area contributed by atoms with Crippen LogP contribution in [0.5, 0.6) is 17.2 Å². The van der Waals surface area contributed by atoms with Gasteiger partial charge in [0, 0.05) is 0 Å². The van der Waals surface area contributed by atoms with Crippen LogP contribution in [0.4, 0.5) is 4.79 Å². The van der Waals surface area contributed by atoms with Crippen LogP contribution in [0, 0.1) is 11.3 Å². The second-order valence-electron chi connectivity index (χ2n) is 5.85. The molecule has 1 aliphatic rings. The third-order valence-corrected chi connectivity index (χ3v) is 4.88. The highest BCUT2D eigenvalue weighted by Crippen LogP contribution is 2.33. The van der Waals surface area contributed by atoms with Crippen molar-refractivity contribution in [2.45, 2.75) is 0 Å². The average molecular weight is 410 g/mol. The molecule has 0 unspecified atom stereocenters. The van der Waals surface area contributed by atoms with E-state index in [1.807, 2.05) is 18.2 Å². The summed E-state index contributed by atoms with van der Waals surface area (Å²) in [4.78, 5) is 26.3. The van der Waals surface area contributed by atoms with Crippen molar-refractivity contribution in [2.75, 3.05) is 26.9 Å². The molecule has 0 aliphatic carbocycles. The van der Waals surface area contributed by atoms with Crippen LogP contribution in [0.25, 0.3) is 6.08 Å². The van der Waals surface area contributed by atoms with Gasteiger partial charge in [-0.05, 0) is 47.7 Å². The van der Waals surface area contributed by atoms with Gasteiger partial charge in [0.2, 0.25) is 0 Å². The van der Waals surface area contributed by atoms with E-state index in [4.69, 9.17) is 19.5 Å². The quantitative estimate of drug-likeness (QED) is 0.613. The largest absolute Gasteiger partial charge is 0.493 e. The summed E-state index contributed by atoms with van der Waals surface area (Å²) in [7, 11) is 1.55. The number of nitriles is 1. The SMILES string of the molecule is COc1ccccc1OCCN1C(=O)S/C(=C\c2cccc(OCC#N)c2)C1=O. The Hall–Kier alpha value is -3.44. The number of hydrogen-bond acceptors (Lipinski definition) is 7. The molecule has 0 aromatic heterocycles. The number of thioether (sulfide) groups is 1. The van der Waals surface area contributed by atoms with Crippen LogP contribution in [-0.4, -0.2) is 42.9 Å². The van der Waals surface area contributed by atoms with Crippen LogP contribution in [0.2, 0.25) is 0 Å². The molecule has 0 atom stereocenters. The minimum absolute atomic E-state index is 0.0633. The summed E-state index contributed by atoms with van der Waals surface area (Å²) in [6, 6.07) is 16.0. The number of imide groups is 1. The summed E-state index contributed by atoms with van der Waals surface area (Å²) in [6.07, 6.45) is 1.63.